The minimum absolute atomic E-state index is 0.00469. The van der Waals surface area contributed by atoms with Crippen LogP contribution in [0.4, 0.5) is 20.2 Å². The van der Waals surface area contributed by atoms with Crippen LogP contribution in [0.5, 0.6) is 0 Å². The number of aryl methyl sites for hydroxylation is 1. The van der Waals surface area contributed by atoms with E-state index in [-0.39, 0.29) is 54.9 Å². The number of amides is 2. The predicted molar refractivity (Wildman–Crippen MR) is 152 cm³/mol. The molecule has 4 rings (SSSR count). The number of para-hydroxylation sites is 1. The average Bonchev–Trinajstić information content (AvgIpc) is 2.96. The minimum atomic E-state index is -4.37. The first-order valence-electron chi connectivity index (χ1n) is 13.1. The molecule has 1 atom stereocenters. The van der Waals surface area contributed by atoms with E-state index in [1.807, 2.05) is 6.07 Å². The van der Waals surface area contributed by atoms with Gasteiger partial charge in [-0.25, -0.2) is 8.42 Å². The van der Waals surface area contributed by atoms with Gasteiger partial charge in [-0.1, -0.05) is 42.5 Å². The lowest BCUT2D eigenvalue weighted by atomic mass is 10.0. The number of nitrogens with one attached hydrogen (secondary N) is 2. The van der Waals surface area contributed by atoms with Crippen LogP contribution in [0.25, 0.3) is 11.1 Å². The van der Waals surface area contributed by atoms with Crippen LogP contribution in [0.3, 0.4) is 0 Å². The summed E-state index contributed by atoms with van der Waals surface area (Å²) in [7, 11) is -4.37. The van der Waals surface area contributed by atoms with Crippen LogP contribution in [0.15, 0.2) is 83.4 Å². The van der Waals surface area contributed by atoms with Gasteiger partial charge in [-0.2, -0.15) is 13.5 Å². The lowest BCUT2D eigenvalue weighted by Crippen LogP contribution is -2.50. The molecule has 4 N–H and O–H groups in total. The summed E-state index contributed by atoms with van der Waals surface area (Å²) < 4.78 is 56.4. The van der Waals surface area contributed by atoms with E-state index >= 15 is 0 Å². The predicted octanol–water partition coefficient (Wildman–Crippen LogP) is 4.34. The summed E-state index contributed by atoms with van der Waals surface area (Å²) in [6.07, 6.45) is 0.0549. The average molecular weight is 584 g/mol. The second kappa shape index (κ2) is 13.0. The quantitative estimate of drug-likeness (QED) is 0.343. The van der Waals surface area contributed by atoms with Gasteiger partial charge in [0.15, 0.2) is 0 Å². The maximum absolute atomic E-state index is 13.8. The highest BCUT2D eigenvalue weighted by molar-refractivity contribution is 7.89. The third kappa shape index (κ3) is 7.53. The number of anilines is 2. The van der Waals surface area contributed by atoms with Gasteiger partial charge in [0.1, 0.15) is 10.9 Å². The molecule has 9 nitrogen and oxygen atoms in total. The Morgan fingerprint density at radius 3 is 2.34 bits per heavy atom. The van der Waals surface area contributed by atoms with E-state index in [0.717, 1.165) is 0 Å². The van der Waals surface area contributed by atoms with Crippen molar-refractivity contribution in [2.24, 2.45) is 0 Å². The summed E-state index contributed by atoms with van der Waals surface area (Å²) in [4.78, 5) is 31.1. The SMILES string of the molecule is CC(=O)Nc1c(-c2ccccc2)cccc1S(=O)(=O)NC(CCc1ccc(N)cn1)C(=O)N1CCC(=C(F)F)CC1. The molecule has 2 aromatic carbocycles. The Balaban J connectivity index is 1.67. The van der Waals surface area contributed by atoms with Crippen molar-refractivity contribution in [1.82, 2.24) is 14.6 Å². The number of aromatic nitrogens is 1. The Labute approximate surface area is 237 Å². The Bertz CT molecular complexity index is 1530. The number of carbonyl (C=O) groups is 2. The highest BCUT2D eigenvalue weighted by Crippen LogP contribution is 2.34. The monoisotopic (exact) mass is 583 g/mol. The number of hydrogen-bond acceptors (Lipinski definition) is 6. The summed E-state index contributed by atoms with van der Waals surface area (Å²) >= 11 is 0. The molecule has 2 amide bonds. The van der Waals surface area contributed by atoms with E-state index in [1.165, 1.54) is 24.1 Å². The van der Waals surface area contributed by atoms with Crippen molar-refractivity contribution in [3.05, 3.63) is 84.2 Å². The Hall–Kier alpha value is -4.16. The zero-order valence-electron chi connectivity index (χ0n) is 22.4. The first-order valence-corrected chi connectivity index (χ1v) is 14.5. The molecule has 216 valence electrons. The van der Waals surface area contributed by atoms with Gasteiger partial charge < -0.3 is 16.0 Å². The minimum Gasteiger partial charge on any atom is -0.397 e. The van der Waals surface area contributed by atoms with Crippen molar-refractivity contribution >= 4 is 33.2 Å². The van der Waals surface area contributed by atoms with Crippen LogP contribution in [0.2, 0.25) is 0 Å². The van der Waals surface area contributed by atoms with Crippen LogP contribution < -0.4 is 15.8 Å². The van der Waals surface area contributed by atoms with E-state index in [4.69, 9.17) is 5.73 Å². The molecule has 1 fully saturated rings. The number of carbonyl (C=O) groups excluding carboxylic acids is 2. The van der Waals surface area contributed by atoms with E-state index in [2.05, 4.69) is 15.0 Å². The fourth-order valence-corrected chi connectivity index (χ4v) is 6.09. The molecule has 2 heterocycles. The topological polar surface area (TPSA) is 134 Å². The third-order valence-corrected chi connectivity index (χ3v) is 8.29. The van der Waals surface area contributed by atoms with Crippen molar-refractivity contribution in [3.8, 4) is 11.1 Å². The normalized spacial score (nSPS) is 14.4. The zero-order valence-corrected chi connectivity index (χ0v) is 23.3. The highest BCUT2D eigenvalue weighted by atomic mass is 32.2. The van der Waals surface area contributed by atoms with Crippen LogP contribution in [-0.2, 0) is 26.0 Å². The second-order valence-corrected chi connectivity index (χ2v) is 11.4. The van der Waals surface area contributed by atoms with Gasteiger partial charge >= 0.3 is 0 Å². The van der Waals surface area contributed by atoms with Gasteiger partial charge in [-0.05, 0) is 55.0 Å². The van der Waals surface area contributed by atoms with Gasteiger partial charge in [0.25, 0.3) is 6.08 Å². The molecule has 0 radical (unpaired) electrons. The van der Waals surface area contributed by atoms with Crippen molar-refractivity contribution in [2.45, 2.75) is 43.5 Å². The lowest BCUT2D eigenvalue weighted by molar-refractivity contribution is -0.133. The molecule has 1 saturated heterocycles. The van der Waals surface area contributed by atoms with Gasteiger partial charge in [-0.3, -0.25) is 14.6 Å². The molecule has 0 spiro atoms. The molecular formula is C29H31F2N5O4S. The van der Waals surface area contributed by atoms with Crippen molar-refractivity contribution in [1.29, 1.82) is 0 Å². The van der Waals surface area contributed by atoms with E-state index < -0.39 is 34.0 Å². The molecule has 0 aliphatic carbocycles. The second-order valence-electron chi connectivity index (χ2n) is 9.71. The fourth-order valence-electron chi connectivity index (χ4n) is 4.68. The number of likely N-dealkylation sites (tertiary alicyclic amines) is 1. The van der Waals surface area contributed by atoms with Gasteiger partial charge in [0.2, 0.25) is 21.8 Å². The number of piperidine rings is 1. The molecule has 1 aromatic heterocycles. The number of sulfonamides is 1. The summed E-state index contributed by atoms with van der Waals surface area (Å²) in [5.74, 6) is -0.994. The molecule has 1 aliphatic rings. The molecule has 3 aromatic rings. The number of halogens is 2. The Morgan fingerprint density at radius 2 is 1.73 bits per heavy atom. The van der Waals surface area contributed by atoms with Crippen molar-refractivity contribution < 1.29 is 26.8 Å². The fraction of sp³-hybridized carbons (Fsp3) is 0.276. The number of hydrogen-bond donors (Lipinski definition) is 3. The highest BCUT2D eigenvalue weighted by Gasteiger charge is 2.33. The van der Waals surface area contributed by atoms with Crippen LogP contribution >= 0.6 is 0 Å². The number of pyridine rings is 1. The van der Waals surface area contributed by atoms with Gasteiger partial charge in [0, 0.05) is 31.3 Å². The molecule has 41 heavy (non-hydrogen) atoms. The first-order chi connectivity index (χ1) is 19.5. The molecule has 0 bridgehead atoms. The number of benzene rings is 2. The molecule has 1 unspecified atom stereocenters. The number of nitrogens with zero attached hydrogens (tertiary/aromatic N) is 2. The number of nitrogen functional groups attached to an aromatic ring is 1. The summed E-state index contributed by atoms with van der Waals surface area (Å²) in [5, 5.41) is 2.64. The molecule has 1 aliphatic heterocycles. The molecular weight excluding hydrogens is 552 g/mol. The standard InChI is InChI=1S/C29H31F2N5O4S/c1-19(37)34-27-24(20-6-3-2-4-7-20)8-5-9-26(27)41(39,40)35-25(13-12-23-11-10-22(32)18-33-23)29(38)36-16-14-21(15-17-36)28(30)31/h2-11,18,25,35H,12-17,32H2,1H3,(H,34,37). The number of nitrogens with two attached hydrogens (primary N) is 1. The smallest absolute Gasteiger partial charge is 0.269 e. The van der Waals surface area contributed by atoms with Gasteiger partial charge in [-0.15, -0.1) is 0 Å². The molecule has 12 heteroatoms. The zero-order chi connectivity index (χ0) is 29.6. The van der Waals surface area contributed by atoms with Crippen LogP contribution in [0.1, 0.15) is 31.9 Å². The van der Waals surface area contributed by atoms with Crippen molar-refractivity contribution in [3.63, 3.8) is 0 Å². The van der Waals surface area contributed by atoms with Gasteiger partial charge in [0.05, 0.1) is 17.6 Å². The Morgan fingerprint density at radius 1 is 1.02 bits per heavy atom. The van der Waals surface area contributed by atoms with Crippen molar-refractivity contribution in [2.75, 3.05) is 24.1 Å². The summed E-state index contributed by atoms with van der Waals surface area (Å²) in [6, 6.07) is 15.7. The summed E-state index contributed by atoms with van der Waals surface area (Å²) in [6.45, 7) is 1.37. The third-order valence-electron chi connectivity index (χ3n) is 6.78. The first kappa shape index (κ1) is 29.8. The Kier molecular flexibility index (Phi) is 9.46. The maximum atomic E-state index is 13.8. The van der Waals surface area contributed by atoms with Crippen LogP contribution in [0, 0.1) is 0 Å². The number of rotatable bonds is 9. The van der Waals surface area contributed by atoms with E-state index in [9.17, 15) is 26.8 Å². The van der Waals surface area contributed by atoms with E-state index in [1.54, 1.807) is 48.5 Å². The summed E-state index contributed by atoms with van der Waals surface area (Å²) in [5.41, 5.74) is 8.02. The van der Waals surface area contributed by atoms with Crippen LogP contribution in [-0.4, -0.2) is 49.2 Å². The lowest BCUT2D eigenvalue weighted by Gasteiger charge is -2.31. The molecule has 0 saturated carbocycles. The largest absolute Gasteiger partial charge is 0.397 e. The van der Waals surface area contributed by atoms with E-state index in [0.29, 0.717) is 22.5 Å². The maximum Gasteiger partial charge on any atom is 0.269 e.